The SMILES string of the molecule is CCCC[C@]1(CC)CS(=O)(=O)c2ccccc2[C@H](c2ccccc2)[C@@H]1C. The standard InChI is InChI=1S/C23H30O2S/c1-4-6-16-23(5-2)17-26(24,25)21-15-11-10-14-20(21)22(18(23)3)19-12-8-7-9-13-19/h7-15,18,22H,4-6,16-17H2,1-3H3/t18-,22-,23+/m0/s1. The zero-order chi connectivity index (χ0) is 18.8. The number of rotatable bonds is 5. The molecule has 0 bridgehead atoms. The number of hydrogen-bond donors (Lipinski definition) is 0. The van der Waals surface area contributed by atoms with E-state index in [1.54, 1.807) is 6.07 Å². The Balaban J connectivity index is 2.25. The van der Waals surface area contributed by atoms with Crippen molar-refractivity contribution in [3.8, 4) is 0 Å². The molecule has 0 aromatic heterocycles. The molecule has 0 saturated heterocycles. The molecule has 1 heterocycles. The molecule has 140 valence electrons. The number of benzene rings is 2. The van der Waals surface area contributed by atoms with E-state index in [0.29, 0.717) is 4.90 Å². The average molecular weight is 371 g/mol. The molecule has 0 spiro atoms. The van der Waals surface area contributed by atoms with Gasteiger partial charge in [0.15, 0.2) is 9.84 Å². The van der Waals surface area contributed by atoms with Crippen LogP contribution in [0.15, 0.2) is 59.5 Å². The number of sulfone groups is 1. The second-order valence-electron chi connectivity index (χ2n) is 7.79. The van der Waals surface area contributed by atoms with Gasteiger partial charge in [-0.05, 0) is 41.4 Å². The van der Waals surface area contributed by atoms with E-state index in [2.05, 4.69) is 45.0 Å². The second kappa shape index (κ2) is 7.56. The Bertz CT molecular complexity index is 842. The molecular weight excluding hydrogens is 340 g/mol. The molecule has 0 saturated carbocycles. The van der Waals surface area contributed by atoms with Crippen molar-refractivity contribution in [1.29, 1.82) is 0 Å². The summed E-state index contributed by atoms with van der Waals surface area (Å²) in [4.78, 5) is 0.535. The minimum absolute atomic E-state index is 0.112. The molecule has 2 nitrogen and oxygen atoms in total. The Kier molecular flexibility index (Phi) is 5.57. The predicted molar refractivity (Wildman–Crippen MR) is 108 cm³/mol. The molecule has 3 heteroatoms. The van der Waals surface area contributed by atoms with Crippen molar-refractivity contribution in [3.63, 3.8) is 0 Å². The Labute approximate surface area is 158 Å². The number of fused-ring (bicyclic) bond motifs is 1. The Hall–Kier alpha value is -1.61. The van der Waals surface area contributed by atoms with Crippen LogP contribution in [-0.4, -0.2) is 14.2 Å². The van der Waals surface area contributed by atoms with Crippen molar-refractivity contribution < 1.29 is 8.42 Å². The summed E-state index contributed by atoms with van der Waals surface area (Å²) in [5, 5.41) is 0. The van der Waals surface area contributed by atoms with Gasteiger partial charge >= 0.3 is 0 Å². The van der Waals surface area contributed by atoms with Gasteiger partial charge in [-0.15, -0.1) is 0 Å². The van der Waals surface area contributed by atoms with Gasteiger partial charge in [0.2, 0.25) is 0 Å². The van der Waals surface area contributed by atoms with Crippen LogP contribution in [0.25, 0.3) is 0 Å². The summed E-state index contributed by atoms with van der Waals surface area (Å²) in [6.07, 6.45) is 4.03. The molecular formula is C23H30O2S. The molecule has 0 N–H and O–H groups in total. The van der Waals surface area contributed by atoms with Crippen LogP contribution in [-0.2, 0) is 9.84 Å². The van der Waals surface area contributed by atoms with Crippen molar-refractivity contribution in [2.45, 2.75) is 57.3 Å². The fourth-order valence-corrected chi connectivity index (χ4v) is 7.15. The highest BCUT2D eigenvalue weighted by Gasteiger charge is 2.47. The summed E-state index contributed by atoms with van der Waals surface area (Å²) in [5.74, 6) is 0.638. The fraction of sp³-hybridized carbons (Fsp3) is 0.478. The van der Waals surface area contributed by atoms with Crippen LogP contribution >= 0.6 is 0 Å². The Morgan fingerprint density at radius 3 is 2.31 bits per heavy atom. The van der Waals surface area contributed by atoms with E-state index in [-0.39, 0.29) is 23.0 Å². The molecule has 2 aromatic rings. The molecule has 0 fully saturated rings. The molecule has 0 radical (unpaired) electrons. The molecule has 2 aromatic carbocycles. The maximum absolute atomic E-state index is 13.4. The predicted octanol–water partition coefficient (Wildman–Crippen LogP) is 5.83. The van der Waals surface area contributed by atoms with Crippen molar-refractivity contribution >= 4 is 9.84 Å². The maximum atomic E-state index is 13.4. The first-order valence-electron chi connectivity index (χ1n) is 9.82. The topological polar surface area (TPSA) is 34.1 Å². The highest BCUT2D eigenvalue weighted by atomic mass is 32.2. The Morgan fingerprint density at radius 1 is 1.00 bits per heavy atom. The lowest BCUT2D eigenvalue weighted by molar-refractivity contribution is 0.160. The van der Waals surface area contributed by atoms with Crippen LogP contribution in [0, 0.1) is 11.3 Å². The molecule has 0 aliphatic carbocycles. The second-order valence-corrected chi connectivity index (χ2v) is 9.75. The third-order valence-electron chi connectivity index (χ3n) is 6.42. The van der Waals surface area contributed by atoms with Crippen LogP contribution in [0.5, 0.6) is 0 Å². The molecule has 1 aliphatic rings. The van der Waals surface area contributed by atoms with E-state index < -0.39 is 9.84 Å². The zero-order valence-electron chi connectivity index (χ0n) is 16.1. The van der Waals surface area contributed by atoms with Gasteiger partial charge in [-0.25, -0.2) is 8.42 Å². The Morgan fingerprint density at radius 2 is 1.65 bits per heavy atom. The minimum Gasteiger partial charge on any atom is -0.224 e. The van der Waals surface area contributed by atoms with E-state index in [0.717, 1.165) is 31.2 Å². The summed E-state index contributed by atoms with van der Waals surface area (Å²) in [6.45, 7) is 6.62. The van der Waals surface area contributed by atoms with Gasteiger partial charge in [-0.1, -0.05) is 82.1 Å². The van der Waals surface area contributed by atoms with Crippen LogP contribution in [0.1, 0.15) is 63.5 Å². The molecule has 0 unspecified atom stereocenters. The summed E-state index contributed by atoms with van der Waals surface area (Å²) in [6, 6.07) is 18.1. The highest BCUT2D eigenvalue weighted by Crippen LogP contribution is 2.52. The molecule has 0 amide bonds. The van der Waals surface area contributed by atoms with Crippen LogP contribution in [0.3, 0.4) is 0 Å². The van der Waals surface area contributed by atoms with E-state index in [1.807, 2.05) is 24.3 Å². The van der Waals surface area contributed by atoms with Gasteiger partial charge in [-0.3, -0.25) is 0 Å². The van der Waals surface area contributed by atoms with Crippen LogP contribution < -0.4 is 0 Å². The van der Waals surface area contributed by atoms with Crippen molar-refractivity contribution in [3.05, 3.63) is 65.7 Å². The molecule has 3 atom stereocenters. The van der Waals surface area contributed by atoms with E-state index >= 15 is 0 Å². The summed E-state index contributed by atoms with van der Waals surface area (Å²) in [7, 11) is -3.30. The van der Waals surface area contributed by atoms with Gasteiger partial charge in [-0.2, -0.15) is 0 Å². The summed E-state index contributed by atoms with van der Waals surface area (Å²) in [5.41, 5.74) is 2.01. The van der Waals surface area contributed by atoms with E-state index in [9.17, 15) is 8.42 Å². The third-order valence-corrected chi connectivity index (χ3v) is 8.42. The highest BCUT2D eigenvalue weighted by molar-refractivity contribution is 7.91. The number of unbranched alkanes of at least 4 members (excludes halogenated alkanes) is 1. The maximum Gasteiger partial charge on any atom is 0.179 e. The van der Waals surface area contributed by atoms with Gasteiger partial charge in [0.25, 0.3) is 0 Å². The van der Waals surface area contributed by atoms with E-state index in [1.165, 1.54) is 5.56 Å². The average Bonchev–Trinajstić information content (AvgIpc) is 2.73. The normalized spacial score (nSPS) is 27.5. The third kappa shape index (κ3) is 3.34. The largest absolute Gasteiger partial charge is 0.224 e. The van der Waals surface area contributed by atoms with Gasteiger partial charge in [0, 0.05) is 5.92 Å². The molecule has 26 heavy (non-hydrogen) atoms. The summed E-state index contributed by atoms with van der Waals surface area (Å²) < 4.78 is 26.7. The lowest BCUT2D eigenvalue weighted by Crippen LogP contribution is -2.37. The molecule has 3 rings (SSSR count). The van der Waals surface area contributed by atoms with Crippen LogP contribution in [0.2, 0.25) is 0 Å². The smallest absolute Gasteiger partial charge is 0.179 e. The quantitative estimate of drug-likeness (QED) is 0.664. The first kappa shape index (κ1) is 19.2. The minimum atomic E-state index is -3.30. The first-order chi connectivity index (χ1) is 12.4. The van der Waals surface area contributed by atoms with Crippen molar-refractivity contribution in [1.82, 2.24) is 0 Å². The van der Waals surface area contributed by atoms with E-state index in [4.69, 9.17) is 0 Å². The lowest BCUT2D eigenvalue weighted by Gasteiger charge is -2.41. The van der Waals surface area contributed by atoms with Gasteiger partial charge in [0.1, 0.15) is 0 Å². The first-order valence-corrected chi connectivity index (χ1v) is 11.5. The number of hydrogen-bond acceptors (Lipinski definition) is 2. The summed E-state index contributed by atoms with van der Waals surface area (Å²) >= 11 is 0. The van der Waals surface area contributed by atoms with Gasteiger partial charge < -0.3 is 0 Å². The zero-order valence-corrected chi connectivity index (χ0v) is 16.9. The monoisotopic (exact) mass is 370 g/mol. The van der Waals surface area contributed by atoms with Crippen molar-refractivity contribution in [2.75, 3.05) is 5.75 Å². The molecule has 1 aliphatic heterocycles. The van der Waals surface area contributed by atoms with Gasteiger partial charge in [0.05, 0.1) is 10.6 Å². The fourth-order valence-electron chi connectivity index (χ4n) is 4.79. The van der Waals surface area contributed by atoms with Crippen LogP contribution in [0.4, 0.5) is 0 Å². The van der Waals surface area contributed by atoms with Crippen molar-refractivity contribution in [2.24, 2.45) is 11.3 Å². The lowest BCUT2D eigenvalue weighted by atomic mass is 9.64.